The van der Waals surface area contributed by atoms with Crippen molar-refractivity contribution in [3.8, 4) is 0 Å². The molecule has 1 N–H and O–H groups in total. The van der Waals surface area contributed by atoms with Gasteiger partial charge in [-0.05, 0) is 18.1 Å². The van der Waals surface area contributed by atoms with E-state index in [2.05, 4.69) is 15.9 Å². The van der Waals surface area contributed by atoms with Crippen LogP contribution in [0.3, 0.4) is 0 Å². The smallest absolute Gasteiger partial charge is 0.303 e. The maximum atomic E-state index is 11.8. The molecule has 0 atom stereocenters. The first-order valence-corrected chi connectivity index (χ1v) is 6.49. The van der Waals surface area contributed by atoms with E-state index in [9.17, 15) is 9.59 Å². The van der Waals surface area contributed by atoms with Gasteiger partial charge in [0.1, 0.15) is 0 Å². The molecule has 1 aromatic rings. The molecule has 0 bridgehead atoms. The molecule has 18 heavy (non-hydrogen) atoms. The number of aliphatic carboxylic acids is 1. The number of carbonyl (C=O) groups excluding carboxylic acids is 1. The first kappa shape index (κ1) is 14.7. The molecule has 5 heteroatoms. The second kappa shape index (κ2) is 7.16. The molecule has 0 heterocycles. The van der Waals surface area contributed by atoms with E-state index >= 15 is 0 Å². The standard InChI is InChI=1S/C13H16BrNO3/c1-15(12(16)7-4-8-13(17)18)9-10-5-2-3-6-11(10)14/h2-3,5-6H,4,7-9H2,1H3,(H,17,18). The first-order valence-electron chi connectivity index (χ1n) is 5.70. The van der Waals surface area contributed by atoms with Crippen LogP contribution in [-0.2, 0) is 16.1 Å². The van der Waals surface area contributed by atoms with E-state index < -0.39 is 5.97 Å². The molecule has 0 fully saturated rings. The summed E-state index contributed by atoms with van der Waals surface area (Å²) in [7, 11) is 1.72. The Balaban J connectivity index is 2.45. The SMILES string of the molecule is CN(Cc1ccccc1Br)C(=O)CCCC(=O)O. The fourth-order valence-electron chi connectivity index (χ4n) is 1.55. The van der Waals surface area contributed by atoms with Crippen molar-refractivity contribution in [1.82, 2.24) is 4.90 Å². The topological polar surface area (TPSA) is 57.6 Å². The summed E-state index contributed by atoms with van der Waals surface area (Å²) in [5.41, 5.74) is 1.03. The molecule has 0 spiro atoms. The highest BCUT2D eigenvalue weighted by atomic mass is 79.9. The zero-order valence-corrected chi connectivity index (χ0v) is 11.8. The van der Waals surface area contributed by atoms with Gasteiger partial charge in [-0.1, -0.05) is 34.1 Å². The van der Waals surface area contributed by atoms with Crippen molar-refractivity contribution in [3.63, 3.8) is 0 Å². The van der Waals surface area contributed by atoms with Crippen LogP contribution in [0.4, 0.5) is 0 Å². The number of rotatable bonds is 6. The highest BCUT2D eigenvalue weighted by Crippen LogP contribution is 2.17. The Kier molecular flexibility index (Phi) is 5.85. The zero-order chi connectivity index (χ0) is 13.5. The van der Waals surface area contributed by atoms with Gasteiger partial charge in [0.15, 0.2) is 0 Å². The summed E-state index contributed by atoms with van der Waals surface area (Å²) in [6.45, 7) is 0.521. The van der Waals surface area contributed by atoms with Crippen molar-refractivity contribution < 1.29 is 14.7 Å². The van der Waals surface area contributed by atoms with Crippen LogP contribution in [0, 0.1) is 0 Å². The van der Waals surface area contributed by atoms with E-state index in [1.807, 2.05) is 24.3 Å². The van der Waals surface area contributed by atoms with Gasteiger partial charge in [-0.3, -0.25) is 9.59 Å². The molecule has 0 aromatic heterocycles. The summed E-state index contributed by atoms with van der Waals surface area (Å²) in [5.74, 6) is -0.900. The summed E-state index contributed by atoms with van der Waals surface area (Å²) in [6.07, 6.45) is 0.691. The number of benzene rings is 1. The van der Waals surface area contributed by atoms with Crippen LogP contribution in [0.2, 0.25) is 0 Å². The number of carbonyl (C=O) groups is 2. The Hall–Kier alpha value is -1.36. The molecule has 0 radical (unpaired) electrons. The normalized spacial score (nSPS) is 10.1. The summed E-state index contributed by atoms with van der Waals surface area (Å²) < 4.78 is 0.968. The summed E-state index contributed by atoms with van der Waals surface area (Å²) in [4.78, 5) is 23.7. The van der Waals surface area contributed by atoms with Gasteiger partial charge < -0.3 is 10.0 Å². The Bertz CT molecular complexity index is 434. The Morgan fingerprint density at radius 1 is 1.28 bits per heavy atom. The number of nitrogens with zero attached hydrogens (tertiary/aromatic N) is 1. The monoisotopic (exact) mass is 313 g/mol. The minimum absolute atomic E-state index is 0.0352. The Labute approximate surface area is 115 Å². The molecule has 1 rings (SSSR count). The van der Waals surface area contributed by atoms with E-state index in [1.165, 1.54) is 0 Å². The van der Waals surface area contributed by atoms with Crippen molar-refractivity contribution in [3.05, 3.63) is 34.3 Å². The second-order valence-electron chi connectivity index (χ2n) is 4.09. The average molecular weight is 314 g/mol. The van der Waals surface area contributed by atoms with Crippen LogP contribution in [0.5, 0.6) is 0 Å². The van der Waals surface area contributed by atoms with E-state index in [0.717, 1.165) is 10.0 Å². The number of amides is 1. The molecular formula is C13H16BrNO3. The first-order chi connectivity index (χ1) is 8.50. The van der Waals surface area contributed by atoms with Gasteiger partial charge in [0.25, 0.3) is 0 Å². The largest absolute Gasteiger partial charge is 0.481 e. The molecule has 0 saturated heterocycles. The predicted molar refractivity (Wildman–Crippen MR) is 72.1 cm³/mol. The maximum absolute atomic E-state index is 11.8. The molecular weight excluding hydrogens is 298 g/mol. The van der Waals surface area contributed by atoms with E-state index in [4.69, 9.17) is 5.11 Å². The van der Waals surface area contributed by atoms with Crippen LogP contribution in [0.15, 0.2) is 28.7 Å². The Morgan fingerprint density at radius 2 is 1.94 bits per heavy atom. The number of hydrogen-bond donors (Lipinski definition) is 1. The lowest BCUT2D eigenvalue weighted by molar-refractivity contribution is -0.137. The van der Waals surface area contributed by atoms with Gasteiger partial charge in [0.05, 0.1) is 0 Å². The lowest BCUT2D eigenvalue weighted by Crippen LogP contribution is -2.26. The third-order valence-corrected chi connectivity index (χ3v) is 3.35. The maximum Gasteiger partial charge on any atom is 0.303 e. The minimum Gasteiger partial charge on any atom is -0.481 e. The number of hydrogen-bond acceptors (Lipinski definition) is 2. The van der Waals surface area contributed by atoms with Crippen LogP contribution in [-0.4, -0.2) is 28.9 Å². The average Bonchev–Trinajstić information content (AvgIpc) is 2.31. The molecule has 0 aliphatic rings. The van der Waals surface area contributed by atoms with Crippen molar-refractivity contribution in [2.45, 2.75) is 25.8 Å². The fourth-order valence-corrected chi connectivity index (χ4v) is 1.96. The van der Waals surface area contributed by atoms with Gasteiger partial charge >= 0.3 is 5.97 Å². The van der Waals surface area contributed by atoms with Gasteiger partial charge in [-0.25, -0.2) is 0 Å². The van der Waals surface area contributed by atoms with Gasteiger partial charge in [0, 0.05) is 30.9 Å². The van der Waals surface area contributed by atoms with Crippen LogP contribution in [0.25, 0.3) is 0 Å². The van der Waals surface area contributed by atoms with E-state index in [0.29, 0.717) is 13.0 Å². The van der Waals surface area contributed by atoms with E-state index in [-0.39, 0.29) is 18.7 Å². The molecule has 1 amide bonds. The van der Waals surface area contributed by atoms with Gasteiger partial charge in [-0.15, -0.1) is 0 Å². The van der Waals surface area contributed by atoms with Gasteiger partial charge in [0.2, 0.25) is 5.91 Å². The minimum atomic E-state index is -0.865. The fraction of sp³-hybridized carbons (Fsp3) is 0.385. The third-order valence-electron chi connectivity index (χ3n) is 2.57. The van der Waals surface area contributed by atoms with E-state index in [1.54, 1.807) is 11.9 Å². The van der Waals surface area contributed by atoms with Crippen molar-refractivity contribution in [2.75, 3.05) is 7.05 Å². The van der Waals surface area contributed by atoms with Crippen LogP contribution >= 0.6 is 15.9 Å². The Morgan fingerprint density at radius 3 is 2.56 bits per heavy atom. The van der Waals surface area contributed by atoms with Crippen molar-refractivity contribution >= 4 is 27.8 Å². The van der Waals surface area contributed by atoms with Gasteiger partial charge in [-0.2, -0.15) is 0 Å². The second-order valence-corrected chi connectivity index (χ2v) is 4.94. The molecule has 98 valence electrons. The predicted octanol–water partition coefficient (Wildman–Crippen LogP) is 2.66. The summed E-state index contributed by atoms with van der Waals surface area (Å²) in [6, 6.07) is 7.72. The number of carboxylic acids is 1. The lowest BCUT2D eigenvalue weighted by atomic mass is 10.2. The molecule has 4 nitrogen and oxygen atoms in total. The number of halogens is 1. The highest BCUT2D eigenvalue weighted by Gasteiger charge is 2.11. The molecule has 1 aromatic carbocycles. The van der Waals surface area contributed by atoms with Crippen molar-refractivity contribution in [2.24, 2.45) is 0 Å². The molecule has 0 aliphatic heterocycles. The molecule has 0 aliphatic carbocycles. The highest BCUT2D eigenvalue weighted by molar-refractivity contribution is 9.10. The summed E-state index contributed by atoms with van der Waals surface area (Å²) in [5, 5.41) is 8.51. The quantitative estimate of drug-likeness (QED) is 0.878. The van der Waals surface area contributed by atoms with Crippen LogP contribution < -0.4 is 0 Å². The lowest BCUT2D eigenvalue weighted by Gasteiger charge is -2.17. The molecule has 0 unspecified atom stereocenters. The van der Waals surface area contributed by atoms with Crippen molar-refractivity contribution in [1.29, 1.82) is 0 Å². The summed E-state index contributed by atoms with van der Waals surface area (Å²) >= 11 is 3.43. The molecule has 0 saturated carbocycles. The zero-order valence-electron chi connectivity index (χ0n) is 10.2. The number of carboxylic acid groups (broad SMARTS) is 1. The van der Waals surface area contributed by atoms with Crippen LogP contribution in [0.1, 0.15) is 24.8 Å². The third kappa shape index (κ3) is 4.87.